The Kier molecular flexibility index (Phi) is 3.08. The third-order valence-corrected chi connectivity index (χ3v) is 3.56. The van der Waals surface area contributed by atoms with Crippen LogP contribution in [0.15, 0.2) is 17.5 Å². The first-order valence-electron chi connectivity index (χ1n) is 4.36. The molecule has 0 atom stereocenters. The Bertz CT molecular complexity index is 425. The van der Waals surface area contributed by atoms with Crippen LogP contribution in [0.25, 0.3) is 0 Å². The van der Waals surface area contributed by atoms with Crippen LogP contribution in [0.5, 0.6) is 5.75 Å². The number of hydrogen-bond donors (Lipinski definition) is 2. The molecule has 2 rings (SSSR count). The summed E-state index contributed by atoms with van der Waals surface area (Å²) >= 11 is 3.03. The van der Waals surface area contributed by atoms with Crippen LogP contribution in [-0.4, -0.2) is 11.5 Å². The molecular formula is C9H11N3OS2. The van der Waals surface area contributed by atoms with Crippen molar-refractivity contribution < 1.29 is 4.74 Å². The summed E-state index contributed by atoms with van der Waals surface area (Å²) in [5, 5.41) is 6.18. The molecule has 0 saturated carbocycles. The molecule has 0 aliphatic heterocycles. The number of anilines is 2. The van der Waals surface area contributed by atoms with Crippen molar-refractivity contribution in [2.45, 2.75) is 6.54 Å². The lowest BCUT2D eigenvalue weighted by Gasteiger charge is -2.04. The first kappa shape index (κ1) is 10.3. The minimum absolute atomic E-state index is 0.441. The third kappa shape index (κ3) is 2.21. The van der Waals surface area contributed by atoms with Gasteiger partial charge < -0.3 is 15.8 Å². The molecule has 0 unspecified atom stereocenters. The van der Waals surface area contributed by atoms with Gasteiger partial charge in [-0.25, -0.2) is 0 Å². The average Bonchev–Trinajstić information content (AvgIpc) is 2.84. The lowest BCUT2D eigenvalue weighted by Crippen LogP contribution is -1.98. The van der Waals surface area contributed by atoms with Crippen molar-refractivity contribution in [3.05, 3.63) is 22.4 Å². The minimum Gasteiger partial charge on any atom is -0.490 e. The highest BCUT2D eigenvalue weighted by atomic mass is 32.1. The summed E-state index contributed by atoms with van der Waals surface area (Å²) in [6, 6.07) is 4.11. The Morgan fingerprint density at radius 1 is 1.60 bits per heavy atom. The second kappa shape index (κ2) is 4.50. The number of thiophene rings is 1. The van der Waals surface area contributed by atoms with Crippen LogP contribution in [0.1, 0.15) is 4.88 Å². The number of rotatable bonds is 4. The Hall–Kier alpha value is -1.27. The molecule has 4 nitrogen and oxygen atoms in total. The van der Waals surface area contributed by atoms with E-state index in [0.29, 0.717) is 11.6 Å². The maximum Gasteiger partial charge on any atom is 0.197 e. The smallest absolute Gasteiger partial charge is 0.197 e. The van der Waals surface area contributed by atoms with Gasteiger partial charge in [0.2, 0.25) is 0 Å². The van der Waals surface area contributed by atoms with Gasteiger partial charge in [0, 0.05) is 4.88 Å². The fourth-order valence-electron chi connectivity index (χ4n) is 1.18. The number of aromatic nitrogens is 1. The highest BCUT2D eigenvalue weighted by Gasteiger charge is 2.11. The number of nitrogens with zero attached hydrogens (tertiary/aromatic N) is 1. The van der Waals surface area contributed by atoms with Gasteiger partial charge in [0.15, 0.2) is 16.6 Å². The molecule has 2 aromatic heterocycles. The van der Waals surface area contributed by atoms with E-state index in [4.69, 9.17) is 10.5 Å². The van der Waals surface area contributed by atoms with Crippen molar-refractivity contribution in [2.24, 2.45) is 0 Å². The van der Waals surface area contributed by atoms with E-state index in [1.165, 1.54) is 16.4 Å². The van der Waals surface area contributed by atoms with Crippen LogP contribution in [-0.2, 0) is 6.54 Å². The molecule has 0 aliphatic rings. The van der Waals surface area contributed by atoms with Gasteiger partial charge in [-0.2, -0.15) is 4.37 Å². The average molecular weight is 241 g/mol. The first-order chi connectivity index (χ1) is 7.31. The quantitative estimate of drug-likeness (QED) is 0.863. The molecular weight excluding hydrogens is 230 g/mol. The molecule has 0 spiro atoms. The lowest BCUT2D eigenvalue weighted by atomic mass is 10.4. The van der Waals surface area contributed by atoms with Gasteiger partial charge in [0.1, 0.15) is 0 Å². The van der Waals surface area contributed by atoms with Gasteiger partial charge in [0.25, 0.3) is 0 Å². The zero-order chi connectivity index (χ0) is 10.7. The van der Waals surface area contributed by atoms with Gasteiger partial charge in [0.05, 0.1) is 13.7 Å². The van der Waals surface area contributed by atoms with Gasteiger partial charge in [-0.15, -0.1) is 11.3 Å². The van der Waals surface area contributed by atoms with E-state index in [9.17, 15) is 0 Å². The summed E-state index contributed by atoms with van der Waals surface area (Å²) in [5.41, 5.74) is 5.64. The Morgan fingerprint density at radius 3 is 3.13 bits per heavy atom. The van der Waals surface area contributed by atoms with Gasteiger partial charge in [-0.3, -0.25) is 0 Å². The van der Waals surface area contributed by atoms with Crippen molar-refractivity contribution in [2.75, 3.05) is 18.2 Å². The van der Waals surface area contributed by atoms with Crippen molar-refractivity contribution in [3.63, 3.8) is 0 Å². The topological polar surface area (TPSA) is 60.2 Å². The fourth-order valence-corrected chi connectivity index (χ4v) is 2.51. The van der Waals surface area contributed by atoms with Crippen LogP contribution in [0.2, 0.25) is 0 Å². The second-order valence-electron chi connectivity index (χ2n) is 2.86. The second-order valence-corrected chi connectivity index (χ2v) is 4.67. The molecule has 0 saturated heterocycles. The highest BCUT2D eigenvalue weighted by molar-refractivity contribution is 7.11. The summed E-state index contributed by atoms with van der Waals surface area (Å²) in [6.45, 7) is 0.773. The Labute approximate surface area is 95.9 Å². The van der Waals surface area contributed by atoms with E-state index < -0.39 is 0 Å². The summed E-state index contributed by atoms with van der Waals surface area (Å²) in [7, 11) is 1.59. The molecule has 0 amide bonds. The molecule has 3 N–H and O–H groups in total. The van der Waals surface area contributed by atoms with Crippen molar-refractivity contribution in [1.29, 1.82) is 0 Å². The monoisotopic (exact) mass is 241 g/mol. The Balaban J connectivity index is 2.05. The number of ether oxygens (including phenoxy) is 1. The first-order valence-corrected chi connectivity index (χ1v) is 6.02. The molecule has 0 bridgehead atoms. The summed E-state index contributed by atoms with van der Waals surface area (Å²) in [4.78, 5) is 1.27. The predicted molar refractivity (Wildman–Crippen MR) is 64.7 cm³/mol. The highest BCUT2D eigenvalue weighted by Crippen LogP contribution is 2.35. The molecule has 80 valence electrons. The zero-order valence-electron chi connectivity index (χ0n) is 8.19. The largest absolute Gasteiger partial charge is 0.490 e. The van der Waals surface area contributed by atoms with E-state index in [-0.39, 0.29) is 0 Å². The number of nitrogen functional groups attached to an aromatic ring is 1. The normalized spacial score (nSPS) is 10.2. The zero-order valence-corrected chi connectivity index (χ0v) is 9.82. The molecule has 15 heavy (non-hydrogen) atoms. The lowest BCUT2D eigenvalue weighted by molar-refractivity contribution is 0.419. The Morgan fingerprint density at radius 2 is 2.47 bits per heavy atom. The van der Waals surface area contributed by atoms with Gasteiger partial charge >= 0.3 is 0 Å². The van der Waals surface area contributed by atoms with Crippen LogP contribution in [0, 0.1) is 0 Å². The van der Waals surface area contributed by atoms with Crippen molar-refractivity contribution in [3.8, 4) is 5.75 Å². The molecule has 0 aliphatic carbocycles. The van der Waals surface area contributed by atoms with E-state index in [2.05, 4.69) is 21.1 Å². The standard InChI is InChI=1S/C9H11N3OS2/c1-13-7-8(10)12-15-9(7)11-5-6-3-2-4-14-6/h2-4,11H,5H2,1H3,(H2,10,12). The van der Waals surface area contributed by atoms with E-state index in [1.54, 1.807) is 18.4 Å². The summed E-state index contributed by atoms with van der Waals surface area (Å²) in [6.07, 6.45) is 0. The van der Waals surface area contributed by atoms with Crippen molar-refractivity contribution in [1.82, 2.24) is 4.37 Å². The number of nitrogens with two attached hydrogens (primary N) is 1. The molecule has 2 heterocycles. The van der Waals surface area contributed by atoms with Crippen LogP contribution in [0.4, 0.5) is 10.8 Å². The number of methoxy groups -OCH3 is 1. The maximum absolute atomic E-state index is 5.64. The van der Waals surface area contributed by atoms with Gasteiger partial charge in [-0.05, 0) is 23.0 Å². The number of hydrogen-bond acceptors (Lipinski definition) is 6. The van der Waals surface area contributed by atoms with Crippen LogP contribution < -0.4 is 15.8 Å². The maximum atomic E-state index is 5.64. The van der Waals surface area contributed by atoms with Crippen LogP contribution >= 0.6 is 22.9 Å². The van der Waals surface area contributed by atoms with E-state index in [0.717, 1.165) is 11.5 Å². The molecule has 0 aromatic carbocycles. The fraction of sp³-hybridized carbons (Fsp3) is 0.222. The molecule has 6 heteroatoms. The van der Waals surface area contributed by atoms with Crippen molar-refractivity contribution >= 4 is 33.7 Å². The molecule has 0 radical (unpaired) electrons. The van der Waals surface area contributed by atoms with E-state index >= 15 is 0 Å². The summed E-state index contributed by atoms with van der Waals surface area (Å²) < 4.78 is 9.17. The van der Waals surface area contributed by atoms with E-state index in [1.807, 2.05) is 6.07 Å². The minimum atomic E-state index is 0.441. The summed E-state index contributed by atoms with van der Waals surface area (Å²) in [5.74, 6) is 1.08. The van der Waals surface area contributed by atoms with Crippen LogP contribution in [0.3, 0.4) is 0 Å². The SMILES string of the molecule is COc1c(N)nsc1NCc1cccs1. The molecule has 0 fully saturated rings. The number of nitrogens with one attached hydrogen (secondary N) is 1. The third-order valence-electron chi connectivity index (χ3n) is 1.88. The van der Waals surface area contributed by atoms with Gasteiger partial charge in [-0.1, -0.05) is 6.07 Å². The molecule has 2 aromatic rings. The predicted octanol–water partition coefficient (Wildman–Crippen LogP) is 2.41.